The van der Waals surface area contributed by atoms with Crippen molar-refractivity contribution in [2.45, 2.75) is 13.3 Å². The van der Waals surface area contributed by atoms with E-state index >= 15 is 0 Å². The second kappa shape index (κ2) is 4.98. The maximum absolute atomic E-state index is 11.9. The molecule has 1 aliphatic rings. The van der Waals surface area contributed by atoms with Gasteiger partial charge in [0.25, 0.3) is 0 Å². The Balaban J connectivity index is 1.54. The first kappa shape index (κ1) is 13.1. The third kappa shape index (κ3) is 2.37. The molecule has 4 rings (SSSR count). The zero-order chi connectivity index (χ0) is 15.1. The molecule has 0 bridgehead atoms. The van der Waals surface area contributed by atoms with Gasteiger partial charge in [-0.3, -0.25) is 4.79 Å². The third-order valence-electron chi connectivity index (χ3n) is 4.26. The van der Waals surface area contributed by atoms with E-state index in [0.29, 0.717) is 5.92 Å². The fourth-order valence-corrected chi connectivity index (χ4v) is 2.72. The van der Waals surface area contributed by atoms with Gasteiger partial charge in [0.15, 0.2) is 0 Å². The normalized spacial score (nSPS) is 20.0. The minimum absolute atomic E-state index is 0.132. The molecule has 0 radical (unpaired) electrons. The van der Waals surface area contributed by atoms with Crippen molar-refractivity contribution in [2.24, 2.45) is 11.8 Å². The lowest BCUT2D eigenvalue weighted by Crippen LogP contribution is -2.14. The highest BCUT2D eigenvalue weighted by Crippen LogP contribution is 2.38. The second-order valence-corrected chi connectivity index (χ2v) is 5.98. The molecule has 1 amide bonds. The van der Waals surface area contributed by atoms with E-state index in [1.165, 1.54) is 0 Å². The Hall–Kier alpha value is -2.62. The fourth-order valence-electron chi connectivity index (χ4n) is 2.72. The van der Waals surface area contributed by atoms with Crippen LogP contribution in [0.15, 0.2) is 54.9 Å². The Bertz CT molecular complexity index is 802. The number of imidazole rings is 1. The quantitative estimate of drug-likeness (QED) is 0.801. The fraction of sp³-hybridized carbons (Fsp3) is 0.222. The lowest BCUT2D eigenvalue weighted by Gasteiger charge is -2.05. The van der Waals surface area contributed by atoms with Crippen molar-refractivity contribution in [1.82, 2.24) is 9.38 Å². The highest BCUT2D eigenvalue weighted by Gasteiger charge is 2.38. The number of fused-ring (bicyclic) bond motifs is 1. The van der Waals surface area contributed by atoms with Gasteiger partial charge in [-0.2, -0.15) is 0 Å². The Morgan fingerprint density at radius 2 is 2.00 bits per heavy atom. The standard InChI is InChI=1S/C18H17N3O/c1-12-10-15(12)18(22)19-14-7-5-13(6-8-14)16-11-21-9-3-2-4-17(21)20-16/h2-9,11-12,15H,10H2,1H3,(H,19,22)/t12-,15+/m1/s1. The number of hydrogen-bond donors (Lipinski definition) is 1. The summed E-state index contributed by atoms with van der Waals surface area (Å²) in [5.74, 6) is 0.850. The molecule has 1 fully saturated rings. The van der Waals surface area contributed by atoms with E-state index in [9.17, 15) is 4.79 Å². The van der Waals surface area contributed by atoms with E-state index in [1.807, 2.05) is 59.3 Å². The molecule has 110 valence electrons. The van der Waals surface area contributed by atoms with Crippen LogP contribution in [0.1, 0.15) is 13.3 Å². The van der Waals surface area contributed by atoms with Gasteiger partial charge in [0.1, 0.15) is 5.65 Å². The summed E-state index contributed by atoms with van der Waals surface area (Å²) >= 11 is 0. The number of carbonyl (C=O) groups is 1. The van der Waals surface area contributed by atoms with Gasteiger partial charge in [-0.15, -0.1) is 0 Å². The SMILES string of the molecule is C[C@@H]1C[C@@H]1C(=O)Nc1ccc(-c2cn3ccccc3n2)cc1. The van der Waals surface area contributed by atoms with Gasteiger partial charge in [0.05, 0.1) is 5.69 Å². The number of nitrogens with zero attached hydrogens (tertiary/aromatic N) is 2. The van der Waals surface area contributed by atoms with Crippen molar-refractivity contribution >= 4 is 17.2 Å². The van der Waals surface area contributed by atoms with Crippen LogP contribution < -0.4 is 5.32 Å². The van der Waals surface area contributed by atoms with Gasteiger partial charge in [-0.25, -0.2) is 4.98 Å². The molecular weight excluding hydrogens is 274 g/mol. The minimum Gasteiger partial charge on any atom is -0.326 e. The minimum atomic E-state index is 0.132. The molecule has 1 aliphatic carbocycles. The van der Waals surface area contributed by atoms with Crippen LogP contribution in [0.3, 0.4) is 0 Å². The largest absolute Gasteiger partial charge is 0.326 e. The van der Waals surface area contributed by atoms with E-state index in [-0.39, 0.29) is 11.8 Å². The topological polar surface area (TPSA) is 46.4 Å². The molecule has 1 aromatic carbocycles. The highest BCUT2D eigenvalue weighted by molar-refractivity contribution is 5.94. The van der Waals surface area contributed by atoms with Gasteiger partial charge in [0, 0.05) is 29.6 Å². The van der Waals surface area contributed by atoms with Gasteiger partial charge < -0.3 is 9.72 Å². The first-order valence-electron chi connectivity index (χ1n) is 7.56. The van der Waals surface area contributed by atoms with Crippen LogP contribution in [-0.4, -0.2) is 15.3 Å². The lowest BCUT2D eigenvalue weighted by atomic mass is 10.1. The summed E-state index contributed by atoms with van der Waals surface area (Å²) in [4.78, 5) is 16.5. The Kier molecular flexibility index (Phi) is 2.96. The summed E-state index contributed by atoms with van der Waals surface area (Å²) in [6.07, 6.45) is 5.00. The number of carbonyl (C=O) groups excluding carboxylic acids is 1. The van der Waals surface area contributed by atoms with Crippen LogP contribution in [0.5, 0.6) is 0 Å². The first-order valence-corrected chi connectivity index (χ1v) is 7.56. The van der Waals surface area contributed by atoms with Crippen LogP contribution in [0.2, 0.25) is 0 Å². The molecule has 2 atom stereocenters. The number of aromatic nitrogens is 2. The van der Waals surface area contributed by atoms with Crippen molar-refractivity contribution in [3.8, 4) is 11.3 Å². The summed E-state index contributed by atoms with van der Waals surface area (Å²) in [7, 11) is 0. The molecule has 2 heterocycles. The molecule has 22 heavy (non-hydrogen) atoms. The van der Waals surface area contributed by atoms with Crippen molar-refractivity contribution in [1.29, 1.82) is 0 Å². The summed E-state index contributed by atoms with van der Waals surface area (Å²) in [5.41, 5.74) is 3.75. The highest BCUT2D eigenvalue weighted by atomic mass is 16.2. The predicted octanol–water partition coefficient (Wildman–Crippen LogP) is 3.60. The molecule has 1 saturated carbocycles. The van der Waals surface area contributed by atoms with E-state index in [4.69, 9.17) is 0 Å². The average molecular weight is 291 g/mol. The van der Waals surface area contributed by atoms with Crippen molar-refractivity contribution in [2.75, 3.05) is 5.32 Å². The summed E-state index contributed by atoms with van der Waals surface area (Å²) in [6, 6.07) is 13.8. The van der Waals surface area contributed by atoms with Crippen molar-refractivity contribution < 1.29 is 4.79 Å². The van der Waals surface area contributed by atoms with Crippen LogP contribution in [0, 0.1) is 11.8 Å². The summed E-state index contributed by atoms with van der Waals surface area (Å²) in [5, 5.41) is 2.97. The summed E-state index contributed by atoms with van der Waals surface area (Å²) in [6.45, 7) is 2.11. The van der Waals surface area contributed by atoms with E-state index in [2.05, 4.69) is 17.2 Å². The van der Waals surface area contributed by atoms with Crippen LogP contribution in [0.25, 0.3) is 16.9 Å². The first-order chi connectivity index (χ1) is 10.7. The van der Waals surface area contributed by atoms with E-state index in [0.717, 1.165) is 29.0 Å². The zero-order valence-electron chi connectivity index (χ0n) is 12.4. The molecule has 3 aromatic rings. The average Bonchev–Trinajstić information content (AvgIpc) is 3.11. The number of anilines is 1. The Morgan fingerprint density at radius 1 is 1.23 bits per heavy atom. The van der Waals surface area contributed by atoms with Crippen molar-refractivity contribution in [3.05, 3.63) is 54.9 Å². The van der Waals surface area contributed by atoms with Gasteiger partial charge in [-0.05, 0) is 36.6 Å². The van der Waals surface area contributed by atoms with Crippen molar-refractivity contribution in [3.63, 3.8) is 0 Å². The maximum atomic E-state index is 11.9. The number of benzene rings is 1. The molecule has 0 saturated heterocycles. The molecule has 0 unspecified atom stereocenters. The van der Waals surface area contributed by atoms with Gasteiger partial charge in [-0.1, -0.05) is 25.1 Å². The number of pyridine rings is 1. The number of hydrogen-bond acceptors (Lipinski definition) is 2. The predicted molar refractivity (Wildman–Crippen MR) is 86.5 cm³/mol. The number of amides is 1. The maximum Gasteiger partial charge on any atom is 0.227 e. The Labute approximate surface area is 128 Å². The number of rotatable bonds is 3. The number of nitrogens with one attached hydrogen (secondary N) is 1. The van der Waals surface area contributed by atoms with Crippen LogP contribution in [0.4, 0.5) is 5.69 Å². The lowest BCUT2D eigenvalue weighted by molar-refractivity contribution is -0.117. The molecule has 4 nitrogen and oxygen atoms in total. The molecule has 4 heteroatoms. The molecule has 2 aromatic heterocycles. The smallest absolute Gasteiger partial charge is 0.227 e. The summed E-state index contributed by atoms with van der Waals surface area (Å²) < 4.78 is 2.00. The monoisotopic (exact) mass is 291 g/mol. The third-order valence-corrected chi connectivity index (χ3v) is 4.26. The Morgan fingerprint density at radius 3 is 2.68 bits per heavy atom. The van der Waals surface area contributed by atoms with Gasteiger partial charge >= 0.3 is 0 Å². The molecule has 0 spiro atoms. The van der Waals surface area contributed by atoms with E-state index < -0.39 is 0 Å². The molecule has 1 N–H and O–H groups in total. The zero-order valence-corrected chi connectivity index (χ0v) is 12.4. The molecular formula is C18H17N3O. The van der Waals surface area contributed by atoms with Crippen LogP contribution >= 0.6 is 0 Å². The molecule has 0 aliphatic heterocycles. The second-order valence-electron chi connectivity index (χ2n) is 5.98. The van der Waals surface area contributed by atoms with Gasteiger partial charge in [0.2, 0.25) is 5.91 Å². The van der Waals surface area contributed by atoms with Crippen LogP contribution in [-0.2, 0) is 4.79 Å². The van der Waals surface area contributed by atoms with E-state index in [1.54, 1.807) is 0 Å².